The van der Waals surface area contributed by atoms with Crippen LogP contribution in [0.3, 0.4) is 0 Å². The summed E-state index contributed by atoms with van der Waals surface area (Å²) in [5.41, 5.74) is 7.36. The van der Waals surface area contributed by atoms with Crippen molar-refractivity contribution < 1.29 is 14.3 Å². The third-order valence-electron chi connectivity index (χ3n) is 2.55. The molecular weight excluding hydrogens is 220 g/mol. The Morgan fingerprint density at radius 3 is 2.06 bits per heavy atom. The number of nitrogens with two attached hydrogens (primary N) is 1. The monoisotopic (exact) mass is 236 g/mol. The van der Waals surface area contributed by atoms with E-state index in [1.807, 2.05) is 13.8 Å². The zero-order chi connectivity index (χ0) is 13.2. The number of hydrogen-bond donors (Lipinski definition) is 1. The molecule has 1 rings (SSSR count). The van der Waals surface area contributed by atoms with Crippen molar-refractivity contribution in [3.63, 3.8) is 0 Å². The van der Waals surface area contributed by atoms with Crippen LogP contribution in [-0.2, 0) is 9.59 Å². The molecular formula is C12H16N2O3. The summed E-state index contributed by atoms with van der Waals surface area (Å²) in [6.45, 7) is 3.75. The van der Waals surface area contributed by atoms with E-state index in [9.17, 15) is 9.59 Å². The first-order valence-electron chi connectivity index (χ1n) is 5.11. The van der Waals surface area contributed by atoms with Gasteiger partial charge in [0, 0.05) is 12.7 Å². The quantitative estimate of drug-likeness (QED) is 0.770. The Morgan fingerprint density at radius 2 is 1.71 bits per heavy atom. The van der Waals surface area contributed by atoms with E-state index in [0.717, 1.165) is 16.9 Å². The fourth-order valence-electron chi connectivity index (χ4n) is 1.73. The molecule has 0 aliphatic rings. The number of rotatable bonds is 2. The van der Waals surface area contributed by atoms with Gasteiger partial charge in [-0.3, -0.25) is 9.59 Å². The maximum Gasteiger partial charge on any atom is 0.315 e. The van der Waals surface area contributed by atoms with Crippen LogP contribution in [0.25, 0.3) is 0 Å². The molecule has 1 aromatic rings. The summed E-state index contributed by atoms with van der Waals surface area (Å²) in [7, 11) is 3.10. The number of hydrogen-bond acceptors (Lipinski definition) is 3. The highest BCUT2D eigenvalue weighted by molar-refractivity contribution is 6.39. The fourth-order valence-corrected chi connectivity index (χ4v) is 1.73. The van der Waals surface area contributed by atoms with E-state index < -0.39 is 11.8 Å². The van der Waals surface area contributed by atoms with Crippen LogP contribution in [0.15, 0.2) is 12.1 Å². The molecule has 2 N–H and O–H groups in total. The molecule has 5 heteroatoms. The normalized spacial score (nSPS) is 9.88. The van der Waals surface area contributed by atoms with E-state index in [0.29, 0.717) is 5.69 Å². The SMILES string of the molecule is COc1c(C)cc(N(C)C(=O)C(N)=O)cc1C. The second-order valence-corrected chi connectivity index (χ2v) is 3.84. The molecule has 0 fully saturated rings. The van der Waals surface area contributed by atoms with E-state index in [1.165, 1.54) is 11.9 Å². The minimum absolute atomic E-state index is 0.615. The number of ether oxygens (including phenoxy) is 1. The molecule has 0 saturated heterocycles. The molecule has 92 valence electrons. The lowest BCUT2D eigenvalue weighted by Gasteiger charge is -2.18. The number of anilines is 1. The van der Waals surface area contributed by atoms with Crippen LogP contribution in [0.2, 0.25) is 0 Å². The highest BCUT2D eigenvalue weighted by atomic mass is 16.5. The third-order valence-corrected chi connectivity index (χ3v) is 2.55. The number of methoxy groups -OCH3 is 1. The van der Waals surface area contributed by atoms with Gasteiger partial charge in [0.1, 0.15) is 5.75 Å². The number of benzene rings is 1. The summed E-state index contributed by atoms with van der Waals surface area (Å²) in [4.78, 5) is 23.5. The van der Waals surface area contributed by atoms with Crippen molar-refractivity contribution in [3.8, 4) is 5.75 Å². The molecule has 0 aliphatic carbocycles. The van der Waals surface area contributed by atoms with Crippen LogP contribution in [0.4, 0.5) is 5.69 Å². The third kappa shape index (κ3) is 2.55. The van der Waals surface area contributed by atoms with Crippen molar-refractivity contribution in [2.24, 2.45) is 5.73 Å². The molecule has 0 spiro atoms. The minimum atomic E-state index is -0.973. The number of likely N-dealkylation sites (N-methyl/N-ethyl adjacent to an activating group) is 1. The molecule has 5 nitrogen and oxygen atoms in total. The first-order chi connectivity index (χ1) is 7.88. The second kappa shape index (κ2) is 4.86. The van der Waals surface area contributed by atoms with Crippen molar-refractivity contribution >= 4 is 17.5 Å². The summed E-state index contributed by atoms with van der Waals surface area (Å²) in [5, 5.41) is 0. The summed E-state index contributed by atoms with van der Waals surface area (Å²) in [6, 6.07) is 3.54. The summed E-state index contributed by atoms with van der Waals surface area (Å²) >= 11 is 0. The van der Waals surface area contributed by atoms with Crippen molar-refractivity contribution in [1.29, 1.82) is 0 Å². The topological polar surface area (TPSA) is 72.6 Å². The lowest BCUT2D eigenvalue weighted by atomic mass is 10.1. The number of nitrogens with zero attached hydrogens (tertiary/aromatic N) is 1. The molecule has 17 heavy (non-hydrogen) atoms. The average Bonchev–Trinajstić information content (AvgIpc) is 2.26. The molecule has 1 aromatic carbocycles. The van der Waals surface area contributed by atoms with Gasteiger partial charge in [-0.25, -0.2) is 0 Å². The molecule has 0 bridgehead atoms. The molecule has 2 amide bonds. The maximum atomic E-state index is 11.4. The van der Waals surface area contributed by atoms with Gasteiger partial charge in [-0.1, -0.05) is 0 Å². The standard InChI is InChI=1S/C12H16N2O3/c1-7-5-9(6-8(2)10(7)17-4)14(3)12(16)11(13)15/h5-6H,1-4H3,(H2,13,15). The first kappa shape index (κ1) is 13.0. The Morgan fingerprint density at radius 1 is 1.24 bits per heavy atom. The first-order valence-corrected chi connectivity index (χ1v) is 5.11. The average molecular weight is 236 g/mol. The van der Waals surface area contributed by atoms with Gasteiger partial charge in [0.2, 0.25) is 0 Å². The highest BCUT2D eigenvalue weighted by Gasteiger charge is 2.18. The lowest BCUT2D eigenvalue weighted by Crippen LogP contribution is -2.37. The fraction of sp³-hybridized carbons (Fsp3) is 0.333. The van der Waals surface area contributed by atoms with Crippen molar-refractivity contribution in [2.45, 2.75) is 13.8 Å². The zero-order valence-corrected chi connectivity index (χ0v) is 10.4. The Balaban J connectivity index is 3.17. The van der Waals surface area contributed by atoms with Crippen molar-refractivity contribution in [3.05, 3.63) is 23.3 Å². The Kier molecular flexibility index (Phi) is 3.73. The van der Waals surface area contributed by atoms with Gasteiger partial charge < -0.3 is 15.4 Å². The molecule has 0 atom stereocenters. The molecule has 0 heterocycles. The predicted molar refractivity (Wildman–Crippen MR) is 65.1 cm³/mol. The highest BCUT2D eigenvalue weighted by Crippen LogP contribution is 2.28. The van der Waals surface area contributed by atoms with Crippen molar-refractivity contribution in [1.82, 2.24) is 0 Å². The van der Waals surface area contributed by atoms with Gasteiger partial charge in [0.05, 0.1) is 7.11 Å². The van der Waals surface area contributed by atoms with Gasteiger partial charge in [-0.2, -0.15) is 0 Å². The number of carbonyl (C=O) groups is 2. The van der Waals surface area contributed by atoms with Gasteiger partial charge in [-0.15, -0.1) is 0 Å². The van der Waals surface area contributed by atoms with Crippen LogP contribution >= 0.6 is 0 Å². The van der Waals surface area contributed by atoms with Gasteiger partial charge in [-0.05, 0) is 37.1 Å². The second-order valence-electron chi connectivity index (χ2n) is 3.84. The zero-order valence-electron chi connectivity index (χ0n) is 10.4. The van der Waals surface area contributed by atoms with Gasteiger partial charge in [0.15, 0.2) is 0 Å². The number of carbonyl (C=O) groups excluding carboxylic acids is 2. The summed E-state index contributed by atoms with van der Waals surface area (Å²) in [6.07, 6.45) is 0. The molecule has 0 aromatic heterocycles. The van der Waals surface area contributed by atoms with Crippen molar-refractivity contribution in [2.75, 3.05) is 19.1 Å². The smallest absolute Gasteiger partial charge is 0.315 e. The molecule has 0 unspecified atom stereocenters. The predicted octanol–water partition coefficient (Wildman–Crippen LogP) is 0.760. The van der Waals surface area contributed by atoms with Crippen LogP contribution in [0.5, 0.6) is 5.75 Å². The Hall–Kier alpha value is -2.04. The summed E-state index contributed by atoms with van der Waals surface area (Å²) < 4.78 is 5.22. The Labute approximate surface area is 100 Å². The van der Waals surface area contributed by atoms with Gasteiger partial charge in [0.25, 0.3) is 0 Å². The number of amides is 2. The maximum absolute atomic E-state index is 11.4. The van der Waals surface area contributed by atoms with Crippen LogP contribution in [0.1, 0.15) is 11.1 Å². The van der Waals surface area contributed by atoms with Crippen LogP contribution in [-0.4, -0.2) is 26.0 Å². The molecule has 0 radical (unpaired) electrons. The number of primary amides is 1. The van der Waals surface area contributed by atoms with Crippen LogP contribution < -0.4 is 15.4 Å². The molecule has 0 aliphatic heterocycles. The van der Waals surface area contributed by atoms with E-state index in [4.69, 9.17) is 10.5 Å². The molecule has 0 saturated carbocycles. The summed E-state index contributed by atoms with van der Waals surface area (Å²) in [5.74, 6) is -0.943. The van der Waals surface area contributed by atoms with E-state index in [2.05, 4.69) is 0 Å². The largest absolute Gasteiger partial charge is 0.496 e. The van der Waals surface area contributed by atoms with E-state index in [-0.39, 0.29) is 0 Å². The minimum Gasteiger partial charge on any atom is -0.496 e. The van der Waals surface area contributed by atoms with E-state index >= 15 is 0 Å². The number of aryl methyl sites for hydroxylation is 2. The lowest BCUT2D eigenvalue weighted by molar-refractivity contribution is -0.135. The van der Waals surface area contributed by atoms with E-state index in [1.54, 1.807) is 19.2 Å². The Bertz CT molecular complexity index is 446. The van der Waals surface area contributed by atoms with Gasteiger partial charge >= 0.3 is 11.8 Å². The van der Waals surface area contributed by atoms with Crippen LogP contribution in [0, 0.1) is 13.8 Å².